The van der Waals surface area contributed by atoms with Gasteiger partial charge in [-0.2, -0.15) is 0 Å². The number of rotatable bonds is 7. The van der Waals surface area contributed by atoms with Crippen LogP contribution in [0.2, 0.25) is 5.02 Å². The predicted molar refractivity (Wildman–Crippen MR) is 125 cm³/mol. The molecule has 4 rings (SSSR count). The minimum Gasteiger partial charge on any atom is -0.338 e. The van der Waals surface area contributed by atoms with Crippen LogP contribution in [0.5, 0.6) is 0 Å². The smallest absolute Gasteiger partial charge is 0.272 e. The number of carbonyl (C=O) groups is 1. The highest BCUT2D eigenvalue weighted by Crippen LogP contribution is 2.25. The summed E-state index contributed by atoms with van der Waals surface area (Å²) >= 11 is 7.67. The number of nitrogens with one attached hydrogen (secondary N) is 2. The Bertz CT molecular complexity index is 1320. The number of amides is 1. The molecule has 158 valence electrons. The van der Waals surface area contributed by atoms with E-state index in [-0.39, 0.29) is 16.5 Å². The predicted octanol–water partition coefficient (Wildman–Crippen LogP) is 5.30. The van der Waals surface area contributed by atoms with Gasteiger partial charge in [0.2, 0.25) is 0 Å². The number of hydrogen-bond donors (Lipinski definition) is 2. The first-order chi connectivity index (χ1) is 14.9. The zero-order valence-corrected chi connectivity index (χ0v) is 18.5. The Balaban J connectivity index is 1.52. The Kier molecular flexibility index (Phi) is 6.13. The van der Waals surface area contributed by atoms with E-state index in [0.29, 0.717) is 22.9 Å². The van der Waals surface area contributed by atoms with Crippen molar-refractivity contribution in [2.24, 2.45) is 0 Å². The molecule has 31 heavy (non-hydrogen) atoms. The Morgan fingerprint density at radius 3 is 2.61 bits per heavy atom. The number of para-hydroxylation sites is 1. The van der Waals surface area contributed by atoms with Gasteiger partial charge in [-0.15, -0.1) is 11.3 Å². The lowest BCUT2D eigenvalue weighted by molar-refractivity contribution is 0.101. The van der Waals surface area contributed by atoms with E-state index < -0.39 is 10.0 Å². The Labute approximate surface area is 189 Å². The second kappa shape index (κ2) is 8.97. The first kappa shape index (κ1) is 21.2. The zero-order chi connectivity index (χ0) is 21.8. The molecule has 0 atom stereocenters. The van der Waals surface area contributed by atoms with Crippen molar-refractivity contribution in [3.63, 3.8) is 0 Å². The van der Waals surface area contributed by atoms with Crippen molar-refractivity contribution in [2.45, 2.75) is 11.4 Å². The summed E-state index contributed by atoms with van der Waals surface area (Å²) in [4.78, 5) is 14.0. The first-order valence-corrected chi connectivity index (χ1v) is 12.0. The van der Waals surface area contributed by atoms with E-state index in [1.165, 1.54) is 12.1 Å². The lowest BCUT2D eigenvalue weighted by atomic mass is 10.3. The van der Waals surface area contributed by atoms with Crippen LogP contribution in [0.3, 0.4) is 0 Å². The summed E-state index contributed by atoms with van der Waals surface area (Å²) in [7, 11) is -3.88. The third-order valence-electron chi connectivity index (χ3n) is 4.49. The molecule has 0 saturated carbocycles. The number of carbonyl (C=O) groups excluding carboxylic acids is 1. The number of halogens is 1. The molecule has 2 aromatic heterocycles. The quantitative estimate of drug-likeness (QED) is 0.383. The molecule has 2 aromatic carbocycles. The average molecular weight is 472 g/mol. The number of hydrogen-bond acceptors (Lipinski definition) is 4. The molecule has 0 spiro atoms. The van der Waals surface area contributed by atoms with Crippen molar-refractivity contribution < 1.29 is 13.2 Å². The summed E-state index contributed by atoms with van der Waals surface area (Å²) in [6.07, 6.45) is 1.84. The monoisotopic (exact) mass is 471 g/mol. The van der Waals surface area contributed by atoms with E-state index in [0.717, 1.165) is 4.88 Å². The number of sulfonamides is 1. The summed E-state index contributed by atoms with van der Waals surface area (Å²) in [6, 6.07) is 20.1. The fourth-order valence-electron chi connectivity index (χ4n) is 3.01. The van der Waals surface area contributed by atoms with Crippen LogP contribution in [-0.4, -0.2) is 18.9 Å². The van der Waals surface area contributed by atoms with Crippen molar-refractivity contribution >= 4 is 50.2 Å². The molecule has 0 radical (unpaired) electrons. The van der Waals surface area contributed by atoms with Crippen molar-refractivity contribution in [1.29, 1.82) is 0 Å². The van der Waals surface area contributed by atoms with Gasteiger partial charge in [0, 0.05) is 16.8 Å². The number of anilines is 2. The van der Waals surface area contributed by atoms with Crippen LogP contribution in [0.1, 0.15) is 15.4 Å². The van der Waals surface area contributed by atoms with E-state index >= 15 is 0 Å². The highest BCUT2D eigenvalue weighted by atomic mass is 35.5. The van der Waals surface area contributed by atoms with Gasteiger partial charge in [-0.1, -0.05) is 35.9 Å². The van der Waals surface area contributed by atoms with Crippen molar-refractivity contribution in [2.75, 3.05) is 10.0 Å². The highest BCUT2D eigenvalue weighted by Gasteiger charge is 2.17. The van der Waals surface area contributed by atoms with E-state index in [1.807, 2.05) is 28.3 Å². The average Bonchev–Trinajstić information content (AvgIpc) is 3.42. The van der Waals surface area contributed by atoms with E-state index in [4.69, 9.17) is 11.6 Å². The third-order valence-corrected chi connectivity index (χ3v) is 7.04. The van der Waals surface area contributed by atoms with E-state index in [9.17, 15) is 13.2 Å². The molecule has 6 nitrogen and oxygen atoms in total. The summed E-state index contributed by atoms with van der Waals surface area (Å²) in [5, 5.41) is 5.06. The summed E-state index contributed by atoms with van der Waals surface area (Å²) in [6.45, 7) is 0.587. The molecule has 2 heterocycles. The van der Waals surface area contributed by atoms with Crippen LogP contribution in [0.4, 0.5) is 11.4 Å². The Morgan fingerprint density at radius 2 is 1.84 bits per heavy atom. The van der Waals surface area contributed by atoms with Gasteiger partial charge in [0.15, 0.2) is 0 Å². The molecule has 0 aliphatic heterocycles. The van der Waals surface area contributed by atoms with Crippen LogP contribution in [-0.2, 0) is 16.6 Å². The minimum absolute atomic E-state index is 0.0131. The normalized spacial score (nSPS) is 11.3. The standard InChI is InChI=1S/C22H18ClN3O3S2/c23-19-9-1-2-10-20(19)25-31(28,29)18-8-3-6-16(14-18)24-22(27)21-11-4-12-26(21)15-17-7-5-13-30-17/h1-14,25H,15H2,(H,24,27). The highest BCUT2D eigenvalue weighted by molar-refractivity contribution is 7.92. The molecule has 0 unspecified atom stereocenters. The molecule has 4 aromatic rings. The lowest BCUT2D eigenvalue weighted by Crippen LogP contribution is -2.18. The van der Waals surface area contributed by atoms with Crippen LogP contribution in [0.15, 0.2) is 89.3 Å². The fraction of sp³-hybridized carbons (Fsp3) is 0.0455. The van der Waals surface area contributed by atoms with Crippen LogP contribution in [0, 0.1) is 0 Å². The SMILES string of the molecule is O=C(Nc1cccc(S(=O)(=O)Nc2ccccc2Cl)c1)c1cccn1Cc1cccs1. The van der Waals surface area contributed by atoms with Crippen molar-refractivity contribution in [3.05, 3.63) is 100.0 Å². The van der Waals surface area contributed by atoms with Gasteiger partial charge in [0.05, 0.1) is 22.2 Å². The molecule has 9 heteroatoms. The number of aromatic nitrogens is 1. The van der Waals surface area contributed by atoms with Gasteiger partial charge in [-0.05, 0) is 53.9 Å². The van der Waals surface area contributed by atoms with Crippen LogP contribution >= 0.6 is 22.9 Å². The Morgan fingerprint density at radius 1 is 1.00 bits per heavy atom. The molecule has 2 N–H and O–H groups in total. The maximum atomic E-state index is 12.8. The number of thiophene rings is 1. The molecule has 0 bridgehead atoms. The third kappa shape index (κ3) is 4.99. The van der Waals surface area contributed by atoms with Crippen molar-refractivity contribution in [3.8, 4) is 0 Å². The van der Waals surface area contributed by atoms with Gasteiger partial charge in [0.25, 0.3) is 15.9 Å². The molecular weight excluding hydrogens is 454 g/mol. The maximum absolute atomic E-state index is 12.8. The summed E-state index contributed by atoms with van der Waals surface area (Å²) in [5.41, 5.74) is 1.14. The lowest BCUT2D eigenvalue weighted by Gasteiger charge is -2.12. The van der Waals surface area contributed by atoms with Gasteiger partial charge < -0.3 is 9.88 Å². The van der Waals surface area contributed by atoms with Crippen LogP contribution < -0.4 is 10.0 Å². The van der Waals surface area contributed by atoms with Gasteiger partial charge in [-0.3, -0.25) is 9.52 Å². The van der Waals surface area contributed by atoms with Gasteiger partial charge >= 0.3 is 0 Å². The summed E-state index contributed by atoms with van der Waals surface area (Å²) in [5.74, 6) is -0.324. The molecule has 1 amide bonds. The molecule has 0 aliphatic rings. The topological polar surface area (TPSA) is 80.2 Å². The molecule has 0 aliphatic carbocycles. The molecule has 0 saturated heterocycles. The minimum atomic E-state index is -3.88. The fourth-order valence-corrected chi connectivity index (χ4v) is 5.08. The molecular formula is C22H18ClN3O3S2. The maximum Gasteiger partial charge on any atom is 0.272 e. The number of nitrogens with zero attached hydrogens (tertiary/aromatic N) is 1. The second-order valence-electron chi connectivity index (χ2n) is 6.67. The van der Waals surface area contributed by atoms with Gasteiger partial charge in [-0.25, -0.2) is 8.42 Å². The summed E-state index contributed by atoms with van der Waals surface area (Å²) < 4.78 is 29.9. The first-order valence-electron chi connectivity index (χ1n) is 9.29. The number of benzene rings is 2. The van der Waals surface area contributed by atoms with Crippen molar-refractivity contribution in [1.82, 2.24) is 4.57 Å². The zero-order valence-electron chi connectivity index (χ0n) is 16.2. The largest absolute Gasteiger partial charge is 0.338 e. The Hall–Kier alpha value is -3.07. The van der Waals surface area contributed by atoms with E-state index in [1.54, 1.807) is 59.9 Å². The van der Waals surface area contributed by atoms with Crippen LogP contribution in [0.25, 0.3) is 0 Å². The second-order valence-corrected chi connectivity index (χ2v) is 9.79. The molecule has 0 fully saturated rings. The van der Waals surface area contributed by atoms with Gasteiger partial charge in [0.1, 0.15) is 5.69 Å². The van der Waals surface area contributed by atoms with E-state index in [2.05, 4.69) is 10.0 Å².